The zero-order chi connectivity index (χ0) is 15.6. The fourth-order valence-electron chi connectivity index (χ4n) is 2.58. The van der Waals surface area contributed by atoms with Crippen LogP contribution in [0.2, 0.25) is 0 Å². The Morgan fingerprint density at radius 2 is 2.19 bits per heavy atom. The Bertz CT molecular complexity index is 556. The zero-order valence-corrected chi connectivity index (χ0v) is 13.4. The van der Waals surface area contributed by atoms with Crippen LogP contribution in [-0.4, -0.2) is 45.0 Å². The molecule has 0 aliphatic carbocycles. The molecular formula is C14H21N3O3S. The molecule has 1 aliphatic heterocycles. The lowest BCUT2D eigenvalue weighted by atomic mass is 10.1. The van der Waals surface area contributed by atoms with E-state index in [0.29, 0.717) is 17.0 Å². The fourth-order valence-corrected chi connectivity index (χ4v) is 3.72. The highest BCUT2D eigenvalue weighted by Gasteiger charge is 2.29. The molecule has 116 valence electrons. The van der Waals surface area contributed by atoms with Gasteiger partial charge in [-0.25, -0.2) is 0 Å². The lowest BCUT2D eigenvalue weighted by Crippen LogP contribution is -2.39. The van der Waals surface area contributed by atoms with Crippen LogP contribution in [0, 0.1) is 0 Å². The van der Waals surface area contributed by atoms with Crippen molar-refractivity contribution in [3.8, 4) is 0 Å². The normalized spacial score (nSPS) is 18.6. The molecule has 1 aliphatic rings. The van der Waals surface area contributed by atoms with Gasteiger partial charge in [0, 0.05) is 34.2 Å². The molecule has 2 heterocycles. The van der Waals surface area contributed by atoms with E-state index in [1.807, 2.05) is 0 Å². The van der Waals surface area contributed by atoms with E-state index in [9.17, 15) is 9.59 Å². The summed E-state index contributed by atoms with van der Waals surface area (Å²) in [6, 6.07) is 0. The second-order valence-corrected chi connectivity index (χ2v) is 6.11. The maximum Gasteiger partial charge on any atom is 0.256 e. The second kappa shape index (κ2) is 6.44. The average Bonchev–Trinajstić information content (AvgIpc) is 2.84. The Labute approximate surface area is 128 Å². The number of anilines is 2. The van der Waals surface area contributed by atoms with Crippen LogP contribution in [0.3, 0.4) is 0 Å². The molecule has 2 rings (SSSR count). The van der Waals surface area contributed by atoms with Crippen LogP contribution in [0.1, 0.15) is 39.8 Å². The first-order valence-corrected chi connectivity index (χ1v) is 7.74. The van der Waals surface area contributed by atoms with E-state index in [1.54, 1.807) is 14.2 Å². The van der Waals surface area contributed by atoms with Crippen molar-refractivity contribution in [3.63, 3.8) is 0 Å². The quantitative estimate of drug-likeness (QED) is 0.823. The summed E-state index contributed by atoms with van der Waals surface area (Å²) in [7, 11) is 3.25. The molecule has 1 unspecified atom stereocenters. The number of piperidine rings is 1. The third-order valence-electron chi connectivity index (χ3n) is 3.70. The van der Waals surface area contributed by atoms with E-state index in [4.69, 9.17) is 10.5 Å². The van der Waals surface area contributed by atoms with Crippen LogP contribution in [0.5, 0.6) is 0 Å². The molecule has 1 fully saturated rings. The smallest absolute Gasteiger partial charge is 0.256 e. The van der Waals surface area contributed by atoms with Gasteiger partial charge in [-0.2, -0.15) is 0 Å². The number of ketones is 1. The third kappa shape index (κ3) is 3.03. The van der Waals surface area contributed by atoms with Crippen molar-refractivity contribution in [2.75, 3.05) is 37.9 Å². The minimum absolute atomic E-state index is 0.116. The monoisotopic (exact) mass is 311 g/mol. The lowest BCUT2D eigenvalue weighted by molar-refractivity contribution is 0.0890. The Hall–Kier alpha value is -1.60. The Kier molecular flexibility index (Phi) is 4.84. The van der Waals surface area contributed by atoms with Crippen molar-refractivity contribution in [3.05, 3.63) is 10.4 Å². The van der Waals surface area contributed by atoms with Crippen LogP contribution >= 0.6 is 11.3 Å². The minimum atomic E-state index is -0.259. The van der Waals surface area contributed by atoms with Gasteiger partial charge in [0.2, 0.25) is 0 Å². The Balaban J connectivity index is 2.44. The van der Waals surface area contributed by atoms with Gasteiger partial charge in [0.1, 0.15) is 5.00 Å². The number of methoxy groups -OCH3 is 1. The fraction of sp³-hybridized carbons (Fsp3) is 0.571. The summed E-state index contributed by atoms with van der Waals surface area (Å²) in [5.74, 6) is -0.375. The molecule has 1 amide bonds. The van der Waals surface area contributed by atoms with Crippen molar-refractivity contribution in [2.45, 2.75) is 25.9 Å². The van der Waals surface area contributed by atoms with Crippen LogP contribution in [0.4, 0.5) is 10.7 Å². The van der Waals surface area contributed by atoms with Crippen molar-refractivity contribution in [1.29, 1.82) is 0 Å². The van der Waals surface area contributed by atoms with Crippen molar-refractivity contribution in [1.82, 2.24) is 5.32 Å². The largest absolute Gasteiger partial charge is 0.397 e. The summed E-state index contributed by atoms with van der Waals surface area (Å²) in [5, 5.41) is 3.36. The number of nitrogens with two attached hydrogens (primary N) is 1. The number of hydrogen-bond acceptors (Lipinski definition) is 6. The highest BCUT2D eigenvalue weighted by Crippen LogP contribution is 2.39. The van der Waals surface area contributed by atoms with Crippen LogP contribution in [0.25, 0.3) is 0 Å². The summed E-state index contributed by atoms with van der Waals surface area (Å²) >= 11 is 1.29. The van der Waals surface area contributed by atoms with Crippen LogP contribution in [0.15, 0.2) is 0 Å². The number of hydrogen-bond donors (Lipinski definition) is 2. The van der Waals surface area contributed by atoms with E-state index in [-0.39, 0.29) is 23.5 Å². The Morgan fingerprint density at radius 3 is 2.76 bits per heavy atom. The van der Waals surface area contributed by atoms with Crippen molar-refractivity contribution < 1.29 is 14.3 Å². The molecule has 1 atom stereocenters. The first kappa shape index (κ1) is 15.8. The number of nitrogens with one attached hydrogen (secondary N) is 1. The number of carbonyl (C=O) groups excluding carboxylic acids is 2. The average molecular weight is 311 g/mol. The number of nitrogens with zero attached hydrogens (tertiary/aromatic N) is 1. The second-order valence-electron chi connectivity index (χ2n) is 5.11. The standard InChI is InChI=1S/C14H21N3O3S/c1-8(18)12-11(15)10(13(19)16-2)14(21-12)17-6-4-5-9(7-17)20-3/h9H,4-7,15H2,1-3H3,(H,16,19). The number of nitrogen functional groups attached to an aromatic ring is 1. The number of ether oxygens (including phenoxy) is 1. The number of amides is 1. The van der Waals surface area contributed by atoms with E-state index in [0.717, 1.165) is 24.4 Å². The first-order valence-electron chi connectivity index (χ1n) is 6.92. The van der Waals surface area contributed by atoms with Gasteiger partial charge in [0.05, 0.1) is 22.2 Å². The molecule has 0 saturated carbocycles. The molecule has 6 nitrogen and oxygen atoms in total. The van der Waals surface area contributed by atoms with Gasteiger partial charge < -0.3 is 20.7 Å². The van der Waals surface area contributed by atoms with E-state index in [2.05, 4.69) is 10.2 Å². The number of carbonyl (C=O) groups is 2. The van der Waals surface area contributed by atoms with E-state index < -0.39 is 0 Å². The molecule has 1 aromatic rings. The first-order chi connectivity index (χ1) is 9.99. The summed E-state index contributed by atoms with van der Waals surface area (Å²) < 4.78 is 5.42. The van der Waals surface area contributed by atoms with Gasteiger partial charge in [0.25, 0.3) is 5.91 Å². The topological polar surface area (TPSA) is 84.7 Å². The SMILES string of the molecule is CNC(=O)c1c(N2CCCC(OC)C2)sc(C(C)=O)c1N. The number of Topliss-reactive ketones (excluding diaryl/α,β-unsaturated/α-hetero) is 1. The van der Waals surface area contributed by atoms with Gasteiger partial charge in [-0.1, -0.05) is 0 Å². The number of thiophene rings is 1. The molecule has 1 saturated heterocycles. The van der Waals surface area contributed by atoms with Gasteiger partial charge in [-0.3, -0.25) is 9.59 Å². The van der Waals surface area contributed by atoms with E-state index in [1.165, 1.54) is 18.3 Å². The third-order valence-corrected chi connectivity index (χ3v) is 5.07. The molecular weight excluding hydrogens is 290 g/mol. The van der Waals surface area contributed by atoms with Gasteiger partial charge >= 0.3 is 0 Å². The van der Waals surface area contributed by atoms with Gasteiger partial charge in [-0.15, -0.1) is 11.3 Å². The molecule has 0 spiro atoms. The van der Waals surface area contributed by atoms with Crippen LogP contribution in [-0.2, 0) is 4.74 Å². The summed E-state index contributed by atoms with van der Waals surface area (Å²) in [6.07, 6.45) is 2.13. The highest BCUT2D eigenvalue weighted by molar-refractivity contribution is 7.19. The van der Waals surface area contributed by atoms with Gasteiger partial charge in [0.15, 0.2) is 5.78 Å². The zero-order valence-electron chi connectivity index (χ0n) is 12.6. The van der Waals surface area contributed by atoms with Gasteiger partial charge in [-0.05, 0) is 12.8 Å². The van der Waals surface area contributed by atoms with Crippen LogP contribution < -0.4 is 16.0 Å². The van der Waals surface area contributed by atoms with Crippen molar-refractivity contribution >= 4 is 33.7 Å². The lowest BCUT2D eigenvalue weighted by Gasteiger charge is -2.33. The predicted octanol–water partition coefficient (Wildman–Crippen LogP) is 1.51. The molecule has 3 N–H and O–H groups in total. The van der Waals surface area contributed by atoms with E-state index >= 15 is 0 Å². The van der Waals surface area contributed by atoms with Crippen molar-refractivity contribution in [2.24, 2.45) is 0 Å². The molecule has 21 heavy (non-hydrogen) atoms. The molecule has 7 heteroatoms. The number of rotatable bonds is 4. The Morgan fingerprint density at radius 1 is 1.48 bits per heavy atom. The predicted molar refractivity (Wildman–Crippen MR) is 84.4 cm³/mol. The molecule has 0 aromatic carbocycles. The summed E-state index contributed by atoms with van der Waals surface area (Å²) in [6.45, 7) is 3.01. The molecule has 0 radical (unpaired) electrons. The minimum Gasteiger partial charge on any atom is -0.397 e. The summed E-state index contributed by atoms with van der Waals surface area (Å²) in [4.78, 5) is 26.4. The highest BCUT2D eigenvalue weighted by atomic mass is 32.1. The summed E-state index contributed by atoms with van der Waals surface area (Å²) in [5.41, 5.74) is 6.71. The maximum atomic E-state index is 12.1. The maximum absolute atomic E-state index is 12.1. The molecule has 0 bridgehead atoms. The molecule has 1 aromatic heterocycles.